The number of halogens is 3. The predicted molar refractivity (Wildman–Crippen MR) is 108 cm³/mol. The van der Waals surface area contributed by atoms with Crippen molar-refractivity contribution in [1.82, 2.24) is 15.2 Å². The Morgan fingerprint density at radius 1 is 1.37 bits per heavy atom. The zero-order valence-corrected chi connectivity index (χ0v) is 17.3. The molecule has 2 unspecified atom stereocenters. The molecule has 0 fully saturated rings. The van der Waals surface area contributed by atoms with Crippen LogP contribution in [0, 0.1) is 5.82 Å². The molecule has 1 aromatic carbocycles. The molecule has 3 N–H and O–H groups in total. The van der Waals surface area contributed by atoms with Gasteiger partial charge in [0.15, 0.2) is 0 Å². The lowest BCUT2D eigenvalue weighted by atomic mass is 9.74. The zero-order valence-electron chi connectivity index (χ0n) is 16.5. The second-order valence-electron chi connectivity index (χ2n) is 7.61. The van der Waals surface area contributed by atoms with Crippen molar-refractivity contribution in [2.75, 3.05) is 26.7 Å². The average Bonchev–Trinajstić information content (AvgIpc) is 2.70. The van der Waals surface area contributed by atoms with Crippen molar-refractivity contribution in [2.24, 2.45) is 0 Å². The highest BCUT2D eigenvalue weighted by Crippen LogP contribution is 2.45. The minimum atomic E-state index is -2.38. The van der Waals surface area contributed by atoms with E-state index in [1.807, 2.05) is 0 Å². The Hall–Kier alpha value is -2.13. The lowest BCUT2D eigenvalue weighted by Crippen LogP contribution is -2.51. The number of aliphatic hydroxyl groups is 2. The van der Waals surface area contributed by atoms with Gasteiger partial charge in [-0.2, -0.15) is 0 Å². The molecule has 0 bridgehead atoms. The van der Waals surface area contributed by atoms with Crippen LogP contribution in [0.1, 0.15) is 29.7 Å². The third kappa shape index (κ3) is 4.46. The van der Waals surface area contributed by atoms with Crippen molar-refractivity contribution in [3.8, 4) is 0 Å². The van der Waals surface area contributed by atoms with E-state index in [1.54, 1.807) is 11.9 Å². The summed E-state index contributed by atoms with van der Waals surface area (Å²) in [5.74, 6) is -1.38. The zero-order chi connectivity index (χ0) is 21.9. The number of carbonyl (C=O) groups excluding carboxylic acids is 1. The normalized spacial score (nSPS) is 23.3. The van der Waals surface area contributed by atoms with Crippen molar-refractivity contribution in [1.29, 1.82) is 0 Å². The van der Waals surface area contributed by atoms with Crippen LogP contribution in [0.2, 0.25) is 5.02 Å². The summed E-state index contributed by atoms with van der Waals surface area (Å²) in [4.78, 5) is 18.7. The maximum Gasteiger partial charge on any atom is 0.262 e. The molecule has 0 spiro atoms. The topological polar surface area (TPSA) is 85.7 Å². The first kappa shape index (κ1) is 22.6. The third-order valence-corrected chi connectivity index (χ3v) is 5.74. The second-order valence-corrected chi connectivity index (χ2v) is 8.02. The molecule has 0 saturated carbocycles. The van der Waals surface area contributed by atoms with Gasteiger partial charge in [0.2, 0.25) is 5.67 Å². The first-order valence-corrected chi connectivity index (χ1v) is 9.96. The van der Waals surface area contributed by atoms with E-state index in [0.29, 0.717) is 12.1 Å². The Labute approximate surface area is 178 Å². The number of likely N-dealkylation sites (N-methyl/N-ethyl adjacent to an activating group) is 1. The maximum atomic E-state index is 15.9. The molecule has 2 atom stereocenters. The minimum Gasteiger partial charge on any atom is -0.395 e. The van der Waals surface area contributed by atoms with Crippen LogP contribution in [0.4, 0.5) is 8.78 Å². The summed E-state index contributed by atoms with van der Waals surface area (Å²) in [7, 11) is 1.73. The molecular formula is C21H24ClF2N3O3. The maximum absolute atomic E-state index is 15.9. The molecule has 1 aliphatic carbocycles. The van der Waals surface area contributed by atoms with Gasteiger partial charge in [0.25, 0.3) is 5.91 Å². The van der Waals surface area contributed by atoms with Gasteiger partial charge in [0.1, 0.15) is 11.4 Å². The first-order valence-electron chi connectivity index (χ1n) is 9.58. The molecule has 1 amide bonds. The highest BCUT2D eigenvalue weighted by Gasteiger charge is 2.52. The number of aromatic nitrogens is 1. The van der Waals surface area contributed by atoms with Crippen LogP contribution < -0.4 is 5.32 Å². The van der Waals surface area contributed by atoms with Crippen LogP contribution in [-0.4, -0.2) is 52.7 Å². The van der Waals surface area contributed by atoms with Crippen LogP contribution >= 0.6 is 11.6 Å². The SMILES string of the molecule is CN(CCO)CC1(O)CCC(F)(C(=O)NCc2ccc(F)cc2Cl)c2cccnc21. The van der Waals surface area contributed by atoms with Gasteiger partial charge >= 0.3 is 0 Å². The van der Waals surface area contributed by atoms with E-state index in [4.69, 9.17) is 16.7 Å². The number of alkyl halides is 1. The molecule has 0 saturated heterocycles. The van der Waals surface area contributed by atoms with E-state index in [2.05, 4.69) is 10.3 Å². The summed E-state index contributed by atoms with van der Waals surface area (Å²) in [6, 6.07) is 6.72. The summed E-state index contributed by atoms with van der Waals surface area (Å²) in [6.45, 7) is 0.330. The van der Waals surface area contributed by atoms with E-state index in [1.165, 1.54) is 30.5 Å². The summed E-state index contributed by atoms with van der Waals surface area (Å²) in [6.07, 6.45) is 1.18. The average molecular weight is 440 g/mol. The first-order chi connectivity index (χ1) is 14.2. The second kappa shape index (κ2) is 8.93. The Kier molecular flexibility index (Phi) is 6.71. The smallest absolute Gasteiger partial charge is 0.262 e. The number of pyridine rings is 1. The quantitative estimate of drug-likeness (QED) is 0.616. The molecule has 162 valence electrons. The fourth-order valence-electron chi connectivity index (χ4n) is 3.79. The summed E-state index contributed by atoms with van der Waals surface area (Å²) >= 11 is 5.98. The largest absolute Gasteiger partial charge is 0.395 e. The molecule has 1 aromatic heterocycles. The van der Waals surface area contributed by atoms with Crippen LogP contribution in [0.15, 0.2) is 36.5 Å². The molecule has 2 aromatic rings. The summed E-state index contributed by atoms with van der Waals surface area (Å²) in [5, 5.41) is 22.9. The summed E-state index contributed by atoms with van der Waals surface area (Å²) in [5.41, 5.74) is -3.24. The number of hydrogen-bond acceptors (Lipinski definition) is 5. The van der Waals surface area contributed by atoms with Gasteiger partial charge in [-0.25, -0.2) is 8.78 Å². The fourth-order valence-corrected chi connectivity index (χ4v) is 4.03. The number of benzene rings is 1. The molecule has 1 heterocycles. The van der Waals surface area contributed by atoms with E-state index in [-0.39, 0.29) is 48.8 Å². The van der Waals surface area contributed by atoms with E-state index >= 15 is 4.39 Å². The third-order valence-electron chi connectivity index (χ3n) is 5.39. The number of hydrogen-bond donors (Lipinski definition) is 3. The predicted octanol–water partition coefficient (Wildman–Crippen LogP) is 2.26. The van der Waals surface area contributed by atoms with Crippen molar-refractivity contribution in [2.45, 2.75) is 30.7 Å². The number of rotatable bonds is 7. The lowest BCUT2D eigenvalue weighted by molar-refractivity contribution is -0.137. The van der Waals surface area contributed by atoms with Gasteiger partial charge in [-0.15, -0.1) is 0 Å². The highest BCUT2D eigenvalue weighted by molar-refractivity contribution is 6.31. The number of aliphatic hydroxyl groups excluding tert-OH is 1. The molecule has 1 aliphatic rings. The monoisotopic (exact) mass is 439 g/mol. The Bertz CT molecular complexity index is 932. The van der Waals surface area contributed by atoms with Crippen molar-refractivity contribution in [3.05, 3.63) is 64.2 Å². The van der Waals surface area contributed by atoms with Crippen molar-refractivity contribution >= 4 is 17.5 Å². The molecular weight excluding hydrogens is 416 g/mol. The van der Waals surface area contributed by atoms with E-state index < -0.39 is 23.0 Å². The van der Waals surface area contributed by atoms with Gasteiger partial charge in [0, 0.05) is 36.4 Å². The summed E-state index contributed by atoms with van der Waals surface area (Å²) < 4.78 is 29.1. The van der Waals surface area contributed by atoms with Crippen LogP contribution in [0.5, 0.6) is 0 Å². The molecule has 0 aliphatic heterocycles. The van der Waals surface area contributed by atoms with Crippen molar-refractivity contribution in [3.63, 3.8) is 0 Å². The van der Waals surface area contributed by atoms with Crippen LogP contribution in [0.25, 0.3) is 0 Å². The van der Waals surface area contributed by atoms with Gasteiger partial charge in [-0.05, 0) is 43.7 Å². The minimum absolute atomic E-state index is 0.0128. The van der Waals surface area contributed by atoms with Crippen LogP contribution in [-0.2, 0) is 22.6 Å². The molecule has 0 radical (unpaired) electrons. The molecule has 30 heavy (non-hydrogen) atoms. The number of nitrogens with zero attached hydrogens (tertiary/aromatic N) is 2. The van der Waals surface area contributed by atoms with E-state index in [9.17, 15) is 14.3 Å². The molecule has 9 heteroatoms. The van der Waals surface area contributed by atoms with Gasteiger partial charge in [-0.3, -0.25) is 9.78 Å². The number of nitrogens with one attached hydrogen (secondary N) is 1. The fraction of sp³-hybridized carbons (Fsp3) is 0.429. The van der Waals surface area contributed by atoms with Gasteiger partial charge < -0.3 is 20.4 Å². The Balaban J connectivity index is 1.83. The Morgan fingerprint density at radius 3 is 2.83 bits per heavy atom. The standard InChI is InChI=1S/C21H24ClF2N3O3/c1-27(9-10-28)13-20(30)6-7-21(24,16-3-2-8-25-18(16)20)19(29)26-12-14-4-5-15(23)11-17(14)22/h2-5,8,11,28,30H,6-7,9-10,12-13H2,1H3,(H,26,29). The van der Waals surface area contributed by atoms with Gasteiger partial charge in [0.05, 0.1) is 12.3 Å². The number of fused-ring (bicyclic) bond motifs is 1. The molecule has 3 rings (SSSR count). The highest BCUT2D eigenvalue weighted by atomic mass is 35.5. The molecule has 6 nitrogen and oxygen atoms in total. The van der Waals surface area contributed by atoms with Crippen molar-refractivity contribution < 1.29 is 23.8 Å². The van der Waals surface area contributed by atoms with Gasteiger partial charge in [-0.1, -0.05) is 23.7 Å². The van der Waals surface area contributed by atoms with E-state index in [0.717, 1.165) is 6.07 Å². The number of carbonyl (C=O) groups is 1. The Morgan fingerprint density at radius 2 is 2.13 bits per heavy atom. The van der Waals surface area contributed by atoms with Crippen LogP contribution in [0.3, 0.4) is 0 Å². The number of amides is 1. The lowest BCUT2D eigenvalue weighted by Gasteiger charge is -2.41.